The molecule has 122 valence electrons. The van der Waals surface area contributed by atoms with Crippen LogP contribution < -0.4 is 10.9 Å². The molecule has 2 N–H and O–H groups in total. The molecule has 1 heterocycles. The first-order chi connectivity index (χ1) is 10.1. The van der Waals surface area contributed by atoms with Gasteiger partial charge in [-0.25, -0.2) is 4.79 Å². The van der Waals surface area contributed by atoms with Crippen LogP contribution in [-0.4, -0.2) is 39.8 Å². The molecule has 1 unspecified atom stereocenters. The van der Waals surface area contributed by atoms with Crippen molar-refractivity contribution >= 4 is 11.9 Å². The zero-order valence-corrected chi connectivity index (χ0v) is 13.3. The van der Waals surface area contributed by atoms with Crippen LogP contribution in [0, 0.1) is 0 Å². The lowest BCUT2D eigenvalue weighted by atomic mass is 10.1. The average Bonchev–Trinajstić information content (AvgIpc) is 2.39. The summed E-state index contributed by atoms with van der Waals surface area (Å²) < 4.78 is 6.79. The zero-order valence-electron chi connectivity index (χ0n) is 13.3. The molecule has 7 heteroatoms. The number of amides is 1. The molecule has 0 aliphatic rings. The molecule has 1 aromatic rings. The lowest BCUT2D eigenvalue weighted by Crippen LogP contribution is -2.42. The highest BCUT2D eigenvalue weighted by molar-refractivity contribution is 5.96. The van der Waals surface area contributed by atoms with E-state index >= 15 is 0 Å². The van der Waals surface area contributed by atoms with E-state index in [0.717, 1.165) is 0 Å². The number of nitrogens with zero attached hydrogens (tertiary/aromatic N) is 1. The van der Waals surface area contributed by atoms with E-state index in [1.807, 2.05) is 20.8 Å². The Morgan fingerprint density at radius 3 is 2.55 bits per heavy atom. The highest BCUT2D eigenvalue weighted by Crippen LogP contribution is 2.08. The first-order valence-electron chi connectivity index (χ1n) is 6.94. The summed E-state index contributed by atoms with van der Waals surface area (Å²) in [5, 5.41) is 11.6. The van der Waals surface area contributed by atoms with E-state index in [-0.39, 0.29) is 29.8 Å². The third-order valence-electron chi connectivity index (χ3n) is 2.91. The number of carboxylic acids is 1. The molecule has 22 heavy (non-hydrogen) atoms. The fourth-order valence-corrected chi connectivity index (χ4v) is 1.67. The number of pyridine rings is 1. The lowest BCUT2D eigenvalue weighted by molar-refractivity contribution is -0.140. The van der Waals surface area contributed by atoms with Gasteiger partial charge in [-0.15, -0.1) is 0 Å². The van der Waals surface area contributed by atoms with Gasteiger partial charge in [-0.05, 0) is 26.8 Å². The van der Waals surface area contributed by atoms with Crippen molar-refractivity contribution in [3.8, 4) is 0 Å². The fourth-order valence-electron chi connectivity index (χ4n) is 1.67. The van der Waals surface area contributed by atoms with Gasteiger partial charge in [0.15, 0.2) is 0 Å². The minimum Gasteiger partial charge on any atom is -0.480 e. The van der Waals surface area contributed by atoms with Crippen molar-refractivity contribution in [2.45, 2.75) is 38.8 Å². The first kappa shape index (κ1) is 17.9. The minimum absolute atomic E-state index is 0.131. The van der Waals surface area contributed by atoms with Crippen molar-refractivity contribution in [2.24, 2.45) is 7.05 Å². The molecule has 0 fully saturated rings. The van der Waals surface area contributed by atoms with Crippen molar-refractivity contribution in [1.29, 1.82) is 0 Å². The highest BCUT2D eigenvalue weighted by atomic mass is 16.5. The van der Waals surface area contributed by atoms with Gasteiger partial charge in [0, 0.05) is 37.9 Å². The molecule has 0 saturated carbocycles. The minimum atomic E-state index is -1.14. The highest BCUT2D eigenvalue weighted by Gasteiger charge is 2.22. The van der Waals surface area contributed by atoms with E-state index in [0.29, 0.717) is 0 Å². The zero-order chi connectivity index (χ0) is 16.9. The van der Waals surface area contributed by atoms with Crippen LogP contribution >= 0.6 is 0 Å². The maximum Gasteiger partial charge on any atom is 0.326 e. The SMILES string of the molecule is Cn1ccc(C(=O)NC(CCOC(C)(C)C)C(=O)O)cc1=O. The number of aromatic nitrogens is 1. The number of aliphatic carboxylic acids is 1. The summed E-state index contributed by atoms with van der Waals surface area (Å²) in [6, 6.07) is 1.56. The maximum absolute atomic E-state index is 12.0. The predicted molar refractivity (Wildman–Crippen MR) is 80.9 cm³/mol. The van der Waals surface area contributed by atoms with Crippen molar-refractivity contribution in [3.05, 3.63) is 34.2 Å². The van der Waals surface area contributed by atoms with Gasteiger partial charge in [-0.3, -0.25) is 9.59 Å². The molecule has 0 aliphatic carbocycles. The molecular formula is C15H22N2O5. The third-order valence-corrected chi connectivity index (χ3v) is 2.91. The molecular weight excluding hydrogens is 288 g/mol. The summed E-state index contributed by atoms with van der Waals surface area (Å²) in [5.74, 6) is -1.74. The summed E-state index contributed by atoms with van der Waals surface area (Å²) in [5.41, 5.74) is -0.583. The summed E-state index contributed by atoms with van der Waals surface area (Å²) >= 11 is 0. The normalized spacial score (nSPS) is 12.7. The number of rotatable bonds is 6. The smallest absolute Gasteiger partial charge is 0.326 e. The molecule has 1 atom stereocenters. The van der Waals surface area contributed by atoms with Gasteiger partial charge >= 0.3 is 5.97 Å². The van der Waals surface area contributed by atoms with Crippen LogP contribution in [0.2, 0.25) is 0 Å². The van der Waals surface area contributed by atoms with Crippen LogP contribution in [0.1, 0.15) is 37.6 Å². The van der Waals surface area contributed by atoms with Gasteiger partial charge < -0.3 is 19.7 Å². The van der Waals surface area contributed by atoms with Gasteiger partial charge in [0.1, 0.15) is 6.04 Å². The van der Waals surface area contributed by atoms with Crippen molar-refractivity contribution in [2.75, 3.05) is 6.61 Å². The van der Waals surface area contributed by atoms with E-state index < -0.39 is 17.9 Å². The predicted octanol–water partition coefficient (Wildman–Crippen LogP) is 0.773. The monoisotopic (exact) mass is 310 g/mol. The van der Waals surface area contributed by atoms with Gasteiger partial charge in [-0.2, -0.15) is 0 Å². The number of carbonyl (C=O) groups is 2. The van der Waals surface area contributed by atoms with E-state index in [9.17, 15) is 14.4 Å². The van der Waals surface area contributed by atoms with Crippen molar-refractivity contribution in [1.82, 2.24) is 9.88 Å². The van der Waals surface area contributed by atoms with E-state index in [4.69, 9.17) is 9.84 Å². The molecule has 0 radical (unpaired) electrons. The lowest BCUT2D eigenvalue weighted by Gasteiger charge is -2.21. The summed E-state index contributed by atoms with van der Waals surface area (Å²) in [4.78, 5) is 34.7. The number of aryl methyl sites for hydroxylation is 1. The Bertz CT molecular complexity index is 601. The number of nitrogens with one attached hydrogen (secondary N) is 1. The summed E-state index contributed by atoms with van der Waals surface area (Å²) in [6.07, 6.45) is 1.60. The molecule has 0 aromatic carbocycles. The molecule has 0 saturated heterocycles. The Labute approximate surface area is 128 Å². The second kappa shape index (κ2) is 7.22. The van der Waals surface area contributed by atoms with Crippen LogP contribution in [0.3, 0.4) is 0 Å². The van der Waals surface area contributed by atoms with Crippen LogP contribution in [0.4, 0.5) is 0 Å². The number of hydrogen-bond donors (Lipinski definition) is 2. The molecule has 1 rings (SSSR count). The largest absolute Gasteiger partial charge is 0.480 e. The van der Waals surface area contributed by atoms with Crippen LogP contribution in [0.5, 0.6) is 0 Å². The van der Waals surface area contributed by atoms with Gasteiger partial charge in [-0.1, -0.05) is 0 Å². The number of carboxylic acid groups (broad SMARTS) is 1. The quantitative estimate of drug-likeness (QED) is 0.809. The molecule has 1 aromatic heterocycles. The number of hydrogen-bond acceptors (Lipinski definition) is 4. The van der Waals surface area contributed by atoms with E-state index in [1.54, 1.807) is 7.05 Å². The molecule has 7 nitrogen and oxygen atoms in total. The topological polar surface area (TPSA) is 97.6 Å². The summed E-state index contributed by atoms with van der Waals surface area (Å²) in [7, 11) is 1.56. The third kappa shape index (κ3) is 5.69. The van der Waals surface area contributed by atoms with Gasteiger partial charge in [0.25, 0.3) is 11.5 Å². The van der Waals surface area contributed by atoms with Crippen molar-refractivity contribution in [3.63, 3.8) is 0 Å². The van der Waals surface area contributed by atoms with E-state index in [1.165, 1.54) is 22.9 Å². The molecule has 0 spiro atoms. The Morgan fingerprint density at radius 2 is 2.05 bits per heavy atom. The van der Waals surface area contributed by atoms with Gasteiger partial charge in [0.05, 0.1) is 5.60 Å². The number of ether oxygens (including phenoxy) is 1. The molecule has 0 aliphatic heterocycles. The maximum atomic E-state index is 12.0. The van der Waals surface area contributed by atoms with Crippen molar-refractivity contribution < 1.29 is 19.4 Å². The fraction of sp³-hybridized carbons (Fsp3) is 0.533. The standard InChI is InChI=1S/C15H22N2O5/c1-15(2,3)22-8-6-11(14(20)21)16-13(19)10-5-7-17(4)12(18)9-10/h5,7,9,11H,6,8H2,1-4H3,(H,16,19)(H,20,21). The van der Waals surface area contributed by atoms with Crippen LogP contribution in [0.15, 0.2) is 23.1 Å². The van der Waals surface area contributed by atoms with E-state index in [2.05, 4.69) is 5.32 Å². The Hall–Kier alpha value is -2.15. The molecule has 1 amide bonds. The second-order valence-electron chi connectivity index (χ2n) is 5.98. The van der Waals surface area contributed by atoms with Crippen LogP contribution in [-0.2, 0) is 16.6 Å². The average molecular weight is 310 g/mol. The van der Waals surface area contributed by atoms with Gasteiger partial charge in [0.2, 0.25) is 0 Å². The Kier molecular flexibility index (Phi) is 5.87. The Balaban J connectivity index is 2.70. The van der Waals surface area contributed by atoms with Crippen LogP contribution in [0.25, 0.3) is 0 Å². The number of carbonyl (C=O) groups excluding carboxylic acids is 1. The second-order valence-corrected chi connectivity index (χ2v) is 5.98. The first-order valence-corrected chi connectivity index (χ1v) is 6.94. The Morgan fingerprint density at radius 1 is 1.41 bits per heavy atom. The summed E-state index contributed by atoms with van der Waals surface area (Å²) in [6.45, 7) is 5.79. The molecule has 0 bridgehead atoms.